The van der Waals surface area contributed by atoms with Crippen LogP contribution in [0.25, 0.3) is 0 Å². The van der Waals surface area contributed by atoms with Gasteiger partial charge in [0.15, 0.2) is 9.84 Å². The van der Waals surface area contributed by atoms with E-state index in [1.807, 2.05) is 13.0 Å². The first-order chi connectivity index (χ1) is 10.3. The standard InChI is InChI=1S/C15H21BrN2O3S/c1-11-7-14(17)5-6-18(11)15(19)10-22(20,21)9-12-3-2-4-13(16)8-12/h2-4,8,11,14H,5-7,9-10,17H2,1H3/t11-,14-/m0/s1. The van der Waals surface area contributed by atoms with Crippen LogP contribution in [0, 0.1) is 0 Å². The van der Waals surface area contributed by atoms with E-state index in [0.29, 0.717) is 12.1 Å². The summed E-state index contributed by atoms with van der Waals surface area (Å²) in [6, 6.07) is 7.21. The largest absolute Gasteiger partial charge is 0.339 e. The Bertz CT molecular complexity index is 648. The summed E-state index contributed by atoms with van der Waals surface area (Å²) < 4.78 is 25.3. The van der Waals surface area contributed by atoms with Gasteiger partial charge in [-0.25, -0.2) is 8.42 Å². The van der Waals surface area contributed by atoms with Crippen molar-refractivity contribution in [3.63, 3.8) is 0 Å². The first kappa shape index (κ1) is 17.4. The summed E-state index contributed by atoms with van der Waals surface area (Å²) in [7, 11) is -3.48. The quantitative estimate of drug-likeness (QED) is 0.850. The van der Waals surface area contributed by atoms with Crippen LogP contribution in [0.4, 0.5) is 0 Å². The number of benzene rings is 1. The lowest BCUT2D eigenvalue weighted by Gasteiger charge is -2.36. The van der Waals surface area contributed by atoms with E-state index in [2.05, 4.69) is 15.9 Å². The fourth-order valence-electron chi connectivity index (χ4n) is 2.78. The summed E-state index contributed by atoms with van der Waals surface area (Å²) in [4.78, 5) is 13.9. The maximum Gasteiger partial charge on any atom is 0.238 e. The summed E-state index contributed by atoms with van der Waals surface area (Å²) in [5.74, 6) is -0.895. The van der Waals surface area contributed by atoms with Crippen LogP contribution in [0.3, 0.4) is 0 Å². The molecule has 1 aromatic rings. The molecule has 1 aliphatic heterocycles. The van der Waals surface area contributed by atoms with Crippen LogP contribution in [0.5, 0.6) is 0 Å². The molecule has 22 heavy (non-hydrogen) atoms. The Morgan fingerprint density at radius 3 is 2.82 bits per heavy atom. The molecule has 122 valence electrons. The molecular formula is C15H21BrN2O3S. The van der Waals surface area contributed by atoms with Crippen molar-refractivity contribution in [1.82, 2.24) is 4.90 Å². The lowest BCUT2D eigenvalue weighted by atomic mass is 9.99. The smallest absolute Gasteiger partial charge is 0.238 e. The molecule has 0 aliphatic carbocycles. The lowest BCUT2D eigenvalue weighted by Crippen LogP contribution is -2.50. The Kier molecular flexibility index (Phi) is 5.63. The van der Waals surface area contributed by atoms with Crippen LogP contribution in [0.1, 0.15) is 25.3 Å². The van der Waals surface area contributed by atoms with Crippen molar-refractivity contribution < 1.29 is 13.2 Å². The highest BCUT2D eigenvalue weighted by Gasteiger charge is 2.29. The van der Waals surface area contributed by atoms with Gasteiger partial charge < -0.3 is 10.6 Å². The molecule has 0 radical (unpaired) electrons. The van der Waals surface area contributed by atoms with Gasteiger partial charge in [-0.15, -0.1) is 0 Å². The molecule has 1 aromatic carbocycles. The van der Waals surface area contributed by atoms with Crippen LogP contribution < -0.4 is 5.73 Å². The zero-order valence-electron chi connectivity index (χ0n) is 12.5. The number of nitrogens with zero attached hydrogens (tertiary/aromatic N) is 1. The number of carbonyl (C=O) groups is 1. The molecule has 0 unspecified atom stereocenters. The topological polar surface area (TPSA) is 80.5 Å². The molecule has 7 heteroatoms. The SMILES string of the molecule is C[C@H]1C[C@@H](N)CCN1C(=O)CS(=O)(=O)Cc1cccc(Br)c1. The summed E-state index contributed by atoms with van der Waals surface area (Å²) in [6.07, 6.45) is 1.44. The monoisotopic (exact) mass is 388 g/mol. The average molecular weight is 389 g/mol. The van der Waals surface area contributed by atoms with E-state index in [4.69, 9.17) is 5.73 Å². The molecule has 0 saturated carbocycles. The molecule has 5 nitrogen and oxygen atoms in total. The average Bonchev–Trinajstić information content (AvgIpc) is 2.36. The molecule has 0 bridgehead atoms. The van der Waals surface area contributed by atoms with Gasteiger partial charge in [0.2, 0.25) is 5.91 Å². The van der Waals surface area contributed by atoms with E-state index < -0.39 is 15.6 Å². The van der Waals surface area contributed by atoms with Crippen molar-refractivity contribution in [1.29, 1.82) is 0 Å². The minimum Gasteiger partial charge on any atom is -0.339 e. The lowest BCUT2D eigenvalue weighted by molar-refractivity contribution is -0.131. The van der Waals surface area contributed by atoms with Gasteiger partial charge >= 0.3 is 0 Å². The van der Waals surface area contributed by atoms with Gasteiger partial charge in [-0.3, -0.25) is 4.79 Å². The molecule has 1 amide bonds. The zero-order valence-corrected chi connectivity index (χ0v) is 14.9. The third kappa shape index (κ3) is 4.79. The number of amides is 1. The fraction of sp³-hybridized carbons (Fsp3) is 0.533. The molecule has 1 saturated heterocycles. The van der Waals surface area contributed by atoms with Crippen molar-refractivity contribution in [2.75, 3.05) is 12.3 Å². The maximum absolute atomic E-state index is 12.3. The Morgan fingerprint density at radius 2 is 2.18 bits per heavy atom. The number of carbonyl (C=O) groups excluding carboxylic acids is 1. The van der Waals surface area contributed by atoms with Gasteiger partial charge in [-0.1, -0.05) is 28.1 Å². The molecular weight excluding hydrogens is 368 g/mol. The minimum absolute atomic E-state index is 0.00248. The molecule has 1 heterocycles. The fourth-order valence-corrected chi connectivity index (χ4v) is 4.56. The summed E-state index contributed by atoms with van der Waals surface area (Å²) in [6.45, 7) is 2.45. The third-order valence-corrected chi connectivity index (χ3v) is 5.81. The second-order valence-electron chi connectivity index (χ2n) is 5.88. The van der Waals surface area contributed by atoms with Crippen LogP contribution in [0.15, 0.2) is 28.7 Å². The predicted molar refractivity (Wildman–Crippen MR) is 90.0 cm³/mol. The van der Waals surface area contributed by atoms with E-state index in [0.717, 1.165) is 17.3 Å². The van der Waals surface area contributed by atoms with Gasteiger partial charge in [-0.05, 0) is 37.5 Å². The van der Waals surface area contributed by atoms with Gasteiger partial charge in [-0.2, -0.15) is 0 Å². The zero-order chi connectivity index (χ0) is 16.3. The number of likely N-dealkylation sites (tertiary alicyclic amines) is 1. The van der Waals surface area contributed by atoms with Gasteiger partial charge in [0, 0.05) is 23.1 Å². The van der Waals surface area contributed by atoms with Crippen molar-refractivity contribution in [2.45, 2.75) is 37.6 Å². The number of hydrogen-bond acceptors (Lipinski definition) is 4. The normalized spacial score (nSPS) is 22.6. The minimum atomic E-state index is -3.48. The summed E-state index contributed by atoms with van der Waals surface area (Å²) in [5, 5.41) is 0. The van der Waals surface area contributed by atoms with Crippen molar-refractivity contribution in [2.24, 2.45) is 5.73 Å². The second-order valence-corrected chi connectivity index (χ2v) is 8.86. The Labute approximate surface area is 139 Å². The number of nitrogens with two attached hydrogens (primary N) is 1. The van der Waals surface area contributed by atoms with Crippen molar-refractivity contribution >= 4 is 31.7 Å². The third-order valence-electron chi connectivity index (χ3n) is 3.86. The predicted octanol–water partition coefficient (Wildman–Crippen LogP) is 1.70. The number of sulfone groups is 1. The second kappa shape index (κ2) is 7.10. The Morgan fingerprint density at radius 1 is 1.45 bits per heavy atom. The van der Waals surface area contributed by atoms with E-state index in [9.17, 15) is 13.2 Å². The number of hydrogen-bond donors (Lipinski definition) is 1. The van der Waals surface area contributed by atoms with Crippen molar-refractivity contribution in [3.8, 4) is 0 Å². The van der Waals surface area contributed by atoms with Crippen molar-refractivity contribution in [3.05, 3.63) is 34.3 Å². The first-order valence-corrected chi connectivity index (χ1v) is 9.88. The summed E-state index contributed by atoms with van der Waals surface area (Å²) in [5.41, 5.74) is 6.55. The molecule has 1 aliphatic rings. The molecule has 2 rings (SSSR count). The highest BCUT2D eigenvalue weighted by Crippen LogP contribution is 2.18. The van der Waals surface area contributed by atoms with Crippen LogP contribution in [0.2, 0.25) is 0 Å². The van der Waals surface area contributed by atoms with Gasteiger partial charge in [0.1, 0.15) is 5.75 Å². The van der Waals surface area contributed by atoms with E-state index in [-0.39, 0.29) is 23.7 Å². The number of rotatable bonds is 4. The maximum atomic E-state index is 12.3. The molecule has 2 N–H and O–H groups in total. The van der Waals surface area contributed by atoms with E-state index in [1.165, 1.54) is 0 Å². The van der Waals surface area contributed by atoms with Gasteiger partial charge in [0.25, 0.3) is 0 Å². The Balaban J connectivity index is 2.00. The molecule has 1 fully saturated rings. The van der Waals surface area contributed by atoms with Crippen LogP contribution in [-0.2, 0) is 20.4 Å². The molecule has 0 spiro atoms. The highest BCUT2D eigenvalue weighted by atomic mass is 79.9. The summed E-state index contributed by atoms with van der Waals surface area (Å²) >= 11 is 3.31. The first-order valence-electron chi connectivity index (χ1n) is 7.27. The van der Waals surface area contributed by atoms with E-state index >= 15 is 0 Å². The van der Waals surface area contributed by atoms with E-state index in [1.54, 1.807) is 23.1 Å². The molecule has 0 aromatic heterocycles. The Hall–Kier alpha value is -0.920. The highest BCUT2D eigenvalue weighted by molar-refractivity contribution is 9.10. The molecule has 2 atom stereocenters. The number of halogens is 1. The van der Waals surface area contributed by atoms with Crippen LogP contribution >= 0.6 is 15.9 Å². The number of piperidine rings is 1. The van der Waals surface area contributed by atoms with Gasteiger partial charge in [0.05, 0.1) is 5.75 Å². The van der Waals surface area contributed by atoms with Crippen LogP contribution in [-0.4, -0.2) is 43.6 Å².